The summed E-state index contributed by atoms with van der Waals surface area (Å²) in [5, 5.41) is 12.9. The van der Waals surface area contributed by atoms with Gasteiger partial charge in [-0.3, -0.25) is 4.79 Å². The van der Waals surface area contributed by atoms with Crippen LogP contribution in [0, 0.1) is 11.3 Å². The van der Waals surface area contributed by atoms with Gasteiger partial charge in [-0.1, -0.05) is 35.9 Å². The summed E-state index contributed by atoms with van der Waals surface area (Å²) in [5.41, 5.74) is 3.07. The van der Waals surface area contributed by atoms with Gasteiger partial charge in [0.2, 0.25) is 0 Å². The zero-order chi connectivity index (χ0) is 23.8. The summed E-state index contributed by atoms with van der Waals surface area (Å²) in [6, 6.07) is 21.9. The molecule has 0 spiro atoms. The van der Waals surface area contributed by atoms with Crippen LogP contribution in [0.1, 0.15) is 11.1 Å². The molecule has 1 N–H and O–H groups in total. The van der Waals surface area contributed by atoms with E-state index in [9.17, 15) is 10.1 Å². The first-order valence-corrected chi connectivity index (χ1v) is 10.5. The van der Waals surface area contributed by atoms with Crippen LogP contribution in [0.2, 0.25) is 5.02 Å². The molecule has 0 aromatic heterocycles. The fraction of sp³-hybridized carbons (Fsp3) is 0.154. The molecule has 0 heterocycles. The maximum absolute atomic E-state index is 12.6. The third kappa shape index (κ3) is 6.28. The van der Waals surface area contributed by atoms with Crippen molar-refractivity contribution in [1.29, 1.82) is 5.26 Å². The molecule has 1 amide bonds. The Morgan fingerprint density at radius 3 is 2.45 bits per heavy atom. The van der Waals surface area contributed by atoms with E-state index in [4.69, 9.17) is 21.1 Å². The molecule has 0 fully saturated rings. The third-order valence-electron chi connectivity index (χ3n) is 4.85. The highest BCUT2D eigenvalue weighted by atomic mass is 35.5. The van der Waals surface area contributed by atoms with Gasteiger partial charge in [-0.25, -0.2) is 0 Å². The van der Waals surface area contributed by atoms with Gasteiger partial charge < -0.3 is 19.7 Å². The van der Waals surface area contributed by atoms with Gasteiger partial charge in [-0.05, 0) is 54.1 Å². The Morgan fingerprint density at radius 2 is 1.82 bits per heavy atom. The molecule has 0 aliphatic carbocycles. The van der Waals surface area contributed by atoms with Crippen LogP contribution in [-0.2, 0) is 11.4 Å². The number of methoxy groups -OCH3 is 1. The molecule has 0 atom stereocenters. The Bertz CT molecular complexity index is 1200. The van der Waals surface area contributed by atoms with Gasteiger partial charge >= 0.3 is 0 Å². The van der Waals surface area contributed by atoms with Gasteiger partial charge in [0, 0.05) is 36.1 Å². The van der Waals surface area contributed by atoms with Gasteiger partial charge in [0.25, 0.3) is 5.91 Å². The molecule has 6 nitrogen and oxygen atoms in total. The average molecular weight is 462 g/mol. The number of amides is 1. The summed E-state index contributed by atoms with van der Waals surface area (Å²) in [6.07, 6.45) is 1.50. The monoisotopic (exact) mass is 461 g/mol. The molecular formula is C26H24ClN3O3. The fourth-order valence-electron chi connectivity index (χ4n) is 3.02. The van der Waals surface area contributed by atoms with Crippen molar-refractivity contribution in [3.05, 3.63) is 88.5 Å². The van der Waals surface area contributed by atoms with Crippen molar-refractivity contribution in [2.24, 2.45) is 0 Å². The molecule has 0 aliphatic heterocycles. The Labute approximate surface area is 198 Å². The first kappa shape index (κ1) is 23.7. The maximum atomic E-state index is 12.6. The number of carbonyl (C=O) groups excluding carboxylic acids is 1. The summed E-state index contributed by atoms with van der Waals surface area (Å²) in [4.78, 5) is 14.6. The summed E-state index contributed by atoms with van der Waals surface area (Å²) in [6.45, 7) is 0.281. The van der Waals surface area contributed by atoms with Crippen LogP contribution in [0.25, 0.3) is 6.08 Å². The van der Waals surface area contributed by atoms with E-state index < -0.39 is 5.91 Å². The van der Waals surface area contributed by atoms with E-state index in [0.29, 0.717) is 27.8 Å². The molecule has 7 heteroatoms. The van der Waals surface area contributed by atoms with Gasteiger partial charge in [0.05, 0.1) is 7.11 Å². The van der Waals surface area contributed by atoms with Crippen LogP contribution in [0.15, 0.2) is 72.3 Å². The van der Waals surface area contributed by atoms with Crippen molar-refractivity contribution in [2.75, 3.05) is 31.4 Å². The normalized spacial score (nSPS) is 10.8. The Balaban J connectivity index is 1.74. The van der Waals surface area contributed by atoms with Gasteiger partial charge in [-0.15, -0.1) is 0 Å². The third-order valence-corrected chi connectivity index (χ3v) is 5.22. The second-order valence-electron chi connectivity index (χ2n) is 7.36. The number of ether oxygens (including phenoxy) is 2. The van der Waals surface area contributed by atoms with Gasteiger partial charge in [-0.2, -0.15) is 5.26 Å². The van der Waals surface area contributed by atoms with E-state index in [1.54, 1.807) is 36.4 Å². The first-order valence-electron chi connectivity index (χ1n) is 10.2. The molecular weight excluding hydrogens is 438 g/mol. The zero-order valence-corrected chi connectivity index (χ0v) is 19.4. The standard InChI is InChI=1S/C26H24ClN3O3/c1-30(2)22-11-9-21(10-12-22)29-26(31)20(16-28)14-18-8-13-24(25(15-18)32-3)33-17-19-6-4-5-7-23(19)27/h4-15H,17H2,1-3H3,(H,29,31)/b20-14-. The number of nitrogens with one attached hydrogen (secondary N) is 1. The summed E-state index contributed by atoms with van der Waals surface area (Å²) < 4.78 is 11.3. The SMILES string of the molecule is COc1cc(/C=C(/C#N)C(=O)Nc2ccc(N(C)C)cc2)ccc1OCc1ccccc1Cl. The average Bonchev–Trinajstić information content (AvgIpc) is 2.82. The minimum absolute atomic E-state index is 0.0292. The van der Waals surface area contributed by atoms with Crippen LogP contribution in [0.4, 0.5) is 11.4 Å². The van der Waals surface area contributed by atoms with Crippen LogP contribution >= 0.6 is 11.6 Å². The lowest BCUT2D eigenvalue weighted by atomic mass is 10.1. The second kappa shape index (κ2) is 11.1. The molecule has 0 saturated heterocycles. The first-order chi connectivity index (χ1) is 15.9. The molecule has 168 valence electrons. The minimum Gasteiger partial charge on any atom is -0.493 e. The predicted octanol–water partition coefficient (Wildman–Crippen LogP) is 5.54. The van der Waals surface area contributed by atoms with E-state index in [2.05, 4.69) is 5.32 Å². The highest BCUT2D eigenvalue weighted by molar-refractivity contribution is 6.31. The number of hydrogen-bond donors (Lipinski definition) is 1. The van der Waals surface area contributed by atoms with Gasteiger partial charge in [0.1, 0.15) is 18.2 Å². The number of anilines is 2. The fourth-order valence-corrected chi connectivity index (χ4v) is 3.21. The van der Waals surface area contributed by atoms with E-state index in [1.807, 2.05) is 55.4 Å². The highest BCUT2D eigenvalue weighted by Gasteiger charge is 2.12. The van der Waals surface area contributed by atoms with Crippen LogP contribution in [0.5, 0.6) is 11.5 Å². The van der Waals surface area contributed by atoms with E-state index in [1.165, 1.54) is 13.2 Å². The molecule has 0 radical (unpaired) electrons. The smallest absolute Gasteiger partial charge is 0.266 e. The molecule has 0 aliphatic rings. The summed E-state index contributed by atoms with van der Waals surface area (Å²) >= 11 is 6.18. The number of halogens is 1. The number of rotatable bonds is 8. The number of hydrogen-bond acceptors (Lipinski definition) is 5. The molecule has 3 aromatic rings. The topological polar surface area (TPSA) is 74.6 Å². The molecule has 0 bridgehead atoms. The Kier molecular flexibility index (Phi) is 7.96. The number of nitrogens with zero attached hydrogens (tertiary/aromatic N) is 2. The zero-order valence-electron chi connectivity index (χ0n) is 18.6. The van der Waals surface area contributed by atoms with Crippen molar-refractivity contribution in [1.82, 2.24) is 0 Å². The molecule has 3 aromatic carbocycles. The van der Waals surface area contributed by atoms with Crippen LogP contribution < -0.4 is 19.7 Å². The summed E-state index contributed by atoms with van der Waals surface area (Å²) in [5.74, 6) is 0.513. The lowest BCUT2D eigenvalue weighted by Gasteiger charge is -2.13. The quantitative estimate of drug-likeness (QED) is 0.352. The molecule has 0 saturated carbocycles. The van der Waals surface area contributed by atoms with Crippen LogP contribution in [0.3, 0.4) is 0 Å². The maximum Gasteiger partial charge on any atom is 0.266 e. The van der Waals surface area contributed by atoms with E-state index in [0.717, 1.165) is 11.3 Å². The number of nitriles is 1. The van der Waals surface area contributed by atoms with Crippen LogP contribution in [-0.4, -0.2) is 27.1 Å². The largest absolute Gasteiger partial charge is 0.493 e. The number of carbonyl (C=O) groups is 1. The van der Waals surface area contributed by atoms with Crippen molar-refractivity contribution in [3.63, 3.8) is 0 Å². The van der Waals surface area contributed by atoms with Crippen molar-refractivity contribution >= 4 is 35.0 Å². The van der Waals surface area contributed by atoms with Crippen molar-refractivity contribution in [3.8, 4) is 17.6 Å². The van der Waals surface area contributed by atoms with Crippen molar-refractivity contribution in [2.45, 2.75) is 6.61 Å². The second-order valence-corrected chi connectivity index (χ2v) is 7.76. The van der Waals surface area contributed by atoms with E-state index >= 15 is 0 Å². The lowest BCUT2D eigenvalue weighted by molar-refractivity contribution is -0.112. The van der Waals surface area contributed by atoms with Gasteiger partial charge in [0.15, 0.2) is 11.5 Å². The molecule has 33 heavy (non-hydrogen) atoms. The minimum atomic E-state index is -0.492. The highest BCUT2D eigenvalue weighted by Crippen LogP contribution is 2.30. The predicted molar refractivity (Wildman–Crippen MR) is 132 cm³/mol. The Morgan fingerprint density at radius 1 is 1.09 bits per heavy atom. The number of benzene rings is 3. The molecule has 3 rings (SSSR count). The lowest BCUT2D eigenvalue weighted by Crippen LogP contribution is -2.14. The van der Waals surface area contributed by atoms with Crippen molar-refractivity contribution < 1.29 is 14.3 Å². The van der Waals surface area contributed by atoms with E-state index in [-0.39, 0.29) is 12.2 Å². The molecule has 0 unspecified atom stereocenters. The Hall–Kier alpha value is -3.95. The summed E-state index contributed by atoms with van der Waals surface area (Å²) in [7, 11) is 5.40.